The number of nitrogens with zero attached hydrogens (tertiary/aromatic N) is 4. The Morgan fingerprint density at radius 2 is 1.89 bits per heavy atom. The van der Waals surface area contributed by atoms with Crippen molar-refractivity contribution in [2.45, 2.75) is 20.4 Å². The van der Waals surface area contributed by atoms with Crippen LogP contribution in [0.1, 0.15) is 18.2 Å². The van der Waals surface area contributed by atoms with Gasteiger partial charge >= 0.3 is 0 Å². The summed E-state index contributed by atoms with van der Waals surface area (Å²) in [4.78, 5) is 14.0. The van der Waals surface area contributed by atoms with Crippen molar-refractivity contribution in [2.24, 2.45) is 4.99 Å². The van der Waals surface area contributed by atoms with Crippen molar-refractivity contribution < 1.29 is 4.74 Å². The van der Waals surface area contributed by atoms with E-state index in [0.717, 1.165) is 55.8 Å². The molecule has 0 aliphatic carbocycles. The molecule has 1 aliphatic rings. The third-order valence-corrected chi connectivity index (χ3v) is 4.84. The minimum Gasteiger partial charge on any atom is -0.495 e. The fourth-order valence-corrected chi connectivity index (χ4v) is 3.31. The van der Waals surface area contributed by atoms with Crippen LogP contribution in [0.2, 0.25) is 0 Å². The zero-order valence-corrected chi connectivity index (χ0v) is 19.2. The van der Waals surface area contributed by atoms with Crippen LogP contribution in [0.3, 0.4) is 0 Å². The largest absolute Gasteiger partial charge is 0.495 e. The summed E-state index contributed by atoms with van der Waals surface area (Å²) in [6, 6.07) is 12.3. The van der Waals surface area contributed by atoms with Crippen LogP contribution < -0.4 is 15.0 Å². The van der Waals surface area contributed by atoms with Crippen molar-refractivity contribution in [2.75, 3.05) is 44.7 Å². The molecule has 0 unspecified atom stereocenters. The average molecular weight is 495 g/mol. The monoisotopic (exact) mass is 495 g/mol. The number of halogens is 1. The Morgan fingerprint density at radius 1 is 1.14 bits per heavy atom. The van der Waals surface area contributed by atoms with E-state index in [1.165, 1.54) is 5.56 Å². The van der Waals surface area contributed by atoms with Gasteiger partial charge in [0.2, 0.25) is 0 Å². The average Bonchev–Trinajstić information content (AvgIpc) is 2.72. The van der Waals surface area contributed by atoms with Crippen LogP contribution in [-0.4, -0.2) is 55.7 Å². The lowest BCUT2D eigenvalue weighted by molar-refractivity contribution is 0.367. The van der Waals surface area contributed by atoms with Gasteiger partial charge < -0.3 is 19.9 Å². The molecule has 7 heteroatoms. The maximum absolute atomic E-state index is 5.51. The number of methoxy groups -OCH3 is 1. The molecule has 0 atom stereocenters. The van der Waals surface area contributed by atoms with Gasteiger partial charge in [0.1, 0.15) is 5.75 Å². The molecule has 2 aromatic rings. The third-order valence-electron chi connectivity index (χ3n) is 4.84. The van der Waals surface area contributed by atoms with E-state index in [0.29, 0.717) is 6.54 Å². The fourth-order valence-electron chi connectivity index (χ4n) is 3.31. The molecule has 3 rings (SSSR count). The standard InChI is InChI=1S/C21H29N5O.HI/c1-4-22-21(24-16-18-17(2)8-7-11-23-18)26-14-12-25(13-15-26)19-9-5-6-10-20(19)27-3;/h5-11H,4,12-16H2,1-3H3,(H,22,24);1H. The molecule has 0 amide bonds. The first-order valence-electron chi connectivity index (χ1n) is 9.54. The molecule has 1 aromatic heterocycles. The van der Waals surface area contributed by atoms with Crippen molar-refractivity contribution in [3.63, 3.8) is 0 Å². The van der Waals surface area contributed by atoms with Gasteiger partial charge in [0.25, 0.3) is 0 Å². The number of nitrogens with one attached hydrogen (secondary N) is 1. The number of para-hydroxylation sites is 2. The predicted octanol–water partition coefficient (Wildman–Crippen LogP) is 3.30. The van der Waals surface area contributed by atoms with Gasteiger partial charge in [-0.05, 0) is 37.6 Å². The molecule has 0 spiro atoms. The second-order valence-corrected chi connectivity index (χ2v) is 6.58. The van der Waals surface area contributed by atoms with Crippen LogP contribution in [0.25, 0.3) is 0 Å². The number of benzene rings is 1. The van der Waals surface area contributed by atoms with E-state index >= 15 is 0 Å². The summed E-state index contributed by atoms with van der Waals surface area (Å²) in [5.41, 5.74) is 3.37. The molecule has 6 nitrogen and oxygen atoms in total. The smallest absolute Gasteiger partial charge is 0.194 e. The number of pyridine rings is 1. The summed E-state index contributed by atoms with van der Waals surface area (Å²) >= 11 is 0. The Hall–Kier alpha value is -2.03. The molecular formula is C21H30IN5O. The SMILES string of the molecule is CCNC(=NCc1ncccc1C)N1CCN(c2ccccc2OC)CC1.I. The number of aryl methyl sites for hydroxylation is 1. The Bertz CT molecular complexity index is 775. The minimum absolute atomic E-state index is 0. The molecule has 1 saturated heterocycles. The maximum Gasteiger partial charge on any atom is 0.194 e. The van der Waals surface area contributed by atoms with Gasteiger partial charge in [-0.15, -0.1) is 24.0 Å². The zero-order valence-electron chi connectivity index (χ0n) is 16.9. The summed E-state index contributed by atoms with van der Waals surface area (Å²) in [5.74, 6) is 1.89. The van der Waals surface area contributed by atoms with Gasteiger partial charge in [0.05, 0.1) is 25.0 Å². The Balaban J connectivity index is 0.00000280. The van der Waals surface area contributed by atoms with Crippen LogP contribution in [0.4, 0.5) is 5.69 Å². The summed E-state index contributed by atoms with van der Waals surface area (Å²) in [7, 11) is 1.73. The zero-order chi connectivity index (χ0) is 19.1. The van der Waals surface area contributed by atoms with E-state index in [1.807, 2.05) is 24.4 Å². The number of anilines is 1. The van der Waals surface area contributed by atoms with E-state index in [2.05, 4.69) is 52.1 Å². The number of rotatable bonds is 5. The van der Waals surface area contributed by atoms with E-state index in [9.17, 15) is 0 Å². The van der Waals surface area contributed by atoms with Crippen LogP contribution in [-0.2, 0) is 6.54 Å². The van der Waals surface area contributed by atoms with Crippen LogP contribution in [0, 0.1) is 6.92 Å². The van der Waals surface area contributed by atoms with Gasteiger partial charge in [0, 0.05) is 38.9 Å². The highest BCUT2D eigenvalue weighted by Crippen LogP contribution is 2.28. The molecular weight excluding hydrogens is 465 g/mol. The summed E-state index contributed by atoms with van der Waals surface area (Å²) in [6.07, 6.45) is 1.83. The Kier molecular flexibility index (Phi) is 8.82. The van der Waals surface area contributed by atoms with Gasteiger partial charge in [-0.1, -0.05) is 18.2 Å². The molecule has 1 aliphatic heterocycles. The maximum atomic E-state index is 5.51. The highest BCUT2D eigenvalue weighted by molar-refractivity contribution is 14.0. The van der Waals surface area contributed by atoms with Crippen molar-refractivity contribution in [3.05, 3.63) is 53.9 Å². The normalized spacial score (nSPS) is 14.5. The first-order valence-corrected chi connectivity index (χ1v) is 9.54. The Labute approximate surface area is 185 Å². The number of aromatic nitrogens is 1. The van der Waals surface area contributed by atoms with Gasteiger partial charge in [-0.3, -0.25) is 4.98 Å². The number of aliphatic imine (C=N–C) groups is 1. The van der Waals surface area contributed by atoms with E-state index < -0.39 is 0 Å². The lowest BCUT2D eigenvalue weighted by Crippen LogP contribution is -2.52. The molecule has 2 heterocycles. The first-order chi connectivity index (χ1) is 13.2. The molecule has 1 fully saturated rings. The van der Waals surface area contributed by atoms with Crippen molar-refractivity contribution in [1.82, 2.24) is 15.2 Å². The number of hydrogen-bond acceptors (Lipinski definition) is 4. The second-order valence-electron chi connectivity index (χ2n) is 6.58. The quantitative estimate of drug-likeness (QED) is 0.392. The highest BCUT2D eigenvalue weighted by Gasteiger charge is 2.21. The highest BCUT2D eigenvalue weighted by atomic mass is 127. The molecule has 0 bridgehead atoms. The van der Waals surface area contributed by atoms with E-state index in [4.69, 9.17) is 9.73 Å². The van der Waals surface area contributed by atoms with Crippen LogP contribution in [0.5, 0.6) is 5.75 Å². The molecule has 0 saturated carbocycles. The van der Waals surface area contributed by atoms with Crippen molar-refractivity contribution in [1.29, 1.82) is 0 Å². The predicted molar refractivity (Wildman–Crippen MR) is 126 cm³/mol. The van der Waals surface area contributed by atoms with E-state index in [-0.39, 0.29) is 24.0 Å². The lowest BCUT2D eigenvalue weighted by Gasteiger charge is -2.38. The molecule has 152 valence electrons. The molecule has 0 radical (unpaired) electrons. The topological polar surface area (TPSA) is 53.0 Å². The van der Waals surface area contributed by atoms with Crippen LogP contribution in [0.15, 0.2) is 47.6 Å². The summed E-state index contributed by atoms with van der Waals surface area (Å²) < 4.78 is 5.51. The number of ether oxygens (including phenoxy) is 1. The molecule has 1 N–H and O–H groups in total. The van der Waals surface area contributed by atoms with Gasteiger partial charge in [-0.25, -0.2) is 4.99 Å². The summed E-state index contributed by atoms with van der Waals surface area (Å²) in [5, 5.41) is 3.42. The lowest BCUT2D eigenvalue weighted by atomic mass is 10.2. The molecule has 1 aromatic carbocycles. The number of guanidine groups is 1. The van der Waals surface area contributed by atoms with Gasteiger partial charge in [-0.2, -0.15) is 0 Å². The minimum atomic E-state index is 0. The summed E-state index contributed by atoms with van der Waals surface area (Å²) in [6.45, 7) is 9.36. The fraction of sp³-hybridized carbons (Fsp3) is 0.429. The van der Waals surface area contributed by atoms with Crippen molar-refractivity contribution in [3.8, 4) is 5.75 Å². The number of piperazine rings is 1. The first kappa shape index (κ1) is 22.3. The third kappa shape index (κ3) is 5.50. The Morgan fingerprint density at radius 3 is 2.57 bits per heavy atom. The number of hydrogen-bond donors (Lipinski definition) is 1. The van der Waals surface area contributed by atoms with Gasteiger partial charge in [0.15, 0.2) is 5.96 Å². The second kappa shape index (κ2) is 11.1. The van der Waals surface area contributed by atoms with Crippen molar-refractivity contribution >= 4 is 35.6 Å². The molecule has 28 heavy (non-hydrogen) atoms. The van der Waals surface area contributed by atoms with E-state index in [1.54, 1.807) is 7.11 Å². The van der Waals surface area contributed by atoms with Crippen LogP contribution >= 0.6 is 24.0 Å².